The summed E-state index contributed by atoms with van der Waals surface area (Å²) in [6.07, 6.45) is 0.497. The number of hydrogen-bond donors (Lipinski definition) is 0. The molecule has 0 aliphatic carbocycles. The molecule has 0 saturated carbocycles. The Morgan fingerprint density at radius 3 is 2.45 bits per heavy atom. The Morgan fingerprint density at radius 2 is 1.73 bits per heavy atom. The predicted octanol–water partition coefficient (Wildman–Crippen LogP) is 3.64. The smallest absolute Gasteiger partial charge is 0.268 e. The molecule has 0 spiro atoms. The van der Waals surface area contributed by atoms with Crippen molar-refractivity contribution < 1.29 is 17.2 Å². The highest BCUT2D eigenvalue weighted by atomic mass is 32.2. The van der Waals surface area contributed by atoms with E-state index in [2.05, 4.69) is 15.3 Å². The SMILES string of the molecule is Cc1cc(C)cc(S(=O)(=O)N2CCc3c(c(-c4nnc(-c5ccccc5F)o4)nn3C)C2)c1. The third kappa shape index (κ3) is 3.75. The van der Waals surface area contributed by atoms with Crippen molar-refractivity contribution in [3.63, 3.8) is 0 Å². The molecule has 33 heavy (non-hydrogen) atoms. The Labute approximate surface area is 190 Å². The number of rotatable bonds is 4. The molecule has 0 fully saturated rings. The molecule has 2 aromatic heterocycles. The van der Waals surface area contributed by atoms with Crippen molar-refractivity contribution in [2.75, 3.05) is 6.54 Å². The van der Waals surface area contributed by atoms with Crippen LogP contribution in [0.2, 0.25) is 0 Å². The lowest BCUT2D eigenvalue weighted by molar-refractivity contribution is 0.386. The van der Waals surface area contributed by atoms with Gasteiger partial charge in [0.15, 0.2) is 5.69 Å². The summed E-state index contributed by atoms with van der Waals surface area (Å²) in [5.41, 5.74) is 3.99. The molecule has 5 rings (SSSR count). The highest BCUT2D eigenvalue weighted by molar-refractivity contribution is 7.89. The average molecular weight is 468 g/mol. The lowest BCUT2D eigenvalue weighted by Gasteiger charge is -2.27. The van der Waals surface area contributed by atoms with Crippen LogP contribution in [0.25, 0.3) is 23.0 Å². The van der Waals surface area contributed by atoms with E-state index in [0.29, 0.717) is 24.2 Å². The van der Waals surface area contributed by atoms with Crippen molar-refractivity contribution in [2.24, 2.45) is 7.05 Å². The topological polar surface area (TPSA) is 94.1 Å². The van der Waals surface area contributed by atoms with Gasteiger partial charge in [-0.1, -0.05) is 18.2 Å². The van der Waals surface area contributed by atoms with Crippen molar-refractivity contribution >= 4 is 10.0 Å². The zero-order valence-electron chi connectivity index (χ0n) is 18.4. The van der Waals surface area contributed by atoms with E-state index in [-0.39, 0.29) is 28.8 Å². The number of fused-ring (bicyclic) bond motifs is 1. The van der Waals surface area contributed by atoms with E-state index in [1.165, 1.54) is 10.4 Å². The van der Waals surface area contributed by atoms with E-state index in [4.69, 9.17) is 4.42 Å². The summed E-state index contributed by atoms with van der Waals surface area (Å²) in [5.74, 6) is -0.310. The normalized spacial score (nSPS) is 14.4. The fourth-order valence-electron chi connectivity index (χ4n) is 4.24. The van der Waals surface area contributed by atoms with E-state index in [1.54, 1.807) is 42.1 Å². The number of aromatic nitrogens is 4. The first-order valence-electron chi connectivity index (χ1n) is 10.5. The van der Waals surface area contributed by atoms with Gasteiger partial charge in [0.05, 0.1) is 10.5 Å². The number of sulfonamides is 1. The molecule has 8 nitrogen and oxygen atoms in total. The first kappa shape index (κ1) is 21.5. The molecule has 10 heteroatoms. The maximum atomic E-state index is 14.1. The monoisotopic (exact) mass is 467 g/mol. The first-order valence-corrected chi connectivity index (χ1v) is 11.9. The van der Waals surface area contributed by atoms with E-state index in [1.807, 2.05) is 19.9 Å². The highest BCUT2D eigenvalue weighted by Crippen LogP contribution is 2.33. The third-order valence-corrected chi connectivity index (χ3v) is 7.60. The highest BCUT2D eigenvalue weighted by Gasteiger charge is 2.33. The molecule has 2 aromatic carbocycles. The van der Waals surface area contributed by atoms with Crippen LogP contribution >= 0.6 is 0 Å². The Balaban J connectivity index is 1.52. The fraction of sp³-hybridized carbons (Fsp3) is 0.261. The number of hydrogen-bond acceptors (Lipinski definition) is 6. The zero-order valence-corrected chi connectivity index (χ0v) is 19.2. The van der Waals surface area contributed by atoms with Crippen molar-refractivity contribution in [2.45, 2.75) is 31.7 Å². The molecule has 0 amide bonds. The molecule has 1 aliphatic heterocycles. The van der Waals surface area contributed by atoms with Crippen molar-refractivity contribution in [3.8, 4) is 23.0 Å². The van der Waals surface area contributed by atoms with Gasteiger partial charge in [-0.2, -0.15) is 9.40 Å². The number of nitrogens with zero attached hydrogens (tertiary/aromatic N) is 5. The minimum Gasteiger partial charge on any atom is -0.414 e. The molecule has 4 aromatic rings. The maximum Gasteiger partial charge on any atom is 0.268 e. The van der Waals surface area contributed by atoms with Crippen LogP contribution in [-0.4, -0.2) is 39.2 Å². The summed E-state index contributed by atoms with van der Waals surface area (Å²) < 4.78 is 49.8. The van der Waals surface area contributed by atoms with E-state index in [0.717, 1.165) is 16.8 Å². The van der Waals surface area contributed by atoms with E-state index >= 15 is 0 Å². The molecule has 0 radical (unpaired) electrons. The Morgan fingerprint density at radius 1 is 1.03 bits per heavy atom. The Hall–Kier alpha value is -3.37. The first-order chi connectivity index (χ1) is 15.7. The van der Waals surface area contributed by atoms with Gasteiger partial charge in [0.2, 0.25) is 10.0 Å². The van der Waals surface area contributed by atoms with Crippen molar-refractivity contribution in [3.05, 3.63) is 70.7 Å². The van der Waals surface area contributed by atoms with Crippen molar-refractivity contribution in [1.29, 1.82) is 0 Å². The van der Waals surface area contributed by atoms with Gasteiger partial charge in [-0.05, 0) is 49.2 Å². The van der Waals surface area contributed by atoms with Gasteiger partial charge in [-0.25, -0.2) is 12.8 Å². The minimum absolute atomic E-state index is 0.0398. The molecule has 1 aliphatic rings. The molecule has 3 heterocycles. The van der Waals surface area contributed by atoms with E-state index in [9.17, 15) is 12.8 Å². The van der Waals surface area contributed by atoms with Crippen LogP contribution in [0.15, 0.2) is 51.8 Å². The third-order valence-electron chi connectivity index (χ3n) is 5.77. The molecule has 0 atom stereocenters. The summed E-state index contributed by atoms with van der Waals surface area (Å²) >= 11 is 0. The quantitative estimate of drug-likeness (QED) is 0.455. The van der Waals surface area contributed by atoms with Gasteiger partial charge >= 0.3 is 0 Å². The second kappa shape index (κ2) is 7.89. The predicted molar refractivity (Wildman–Crippen MR) is 119 cm³/mol. The summed E-state index contributed by atoms with van der Waals surface area (Å²) in [6, 6.07) is 11.4. The molecule has 0 unspecified atom stereocenters. The van der Waals surface area contributed by atoms with Gasteiger partial charge < -0.3 is 4.42 Å². The molecular formula is C23H22FN5O3S. The summed E-state index contributed by atoms with van der Waals surface area (Å²) in [6.45, 7) is 4.22. The van der Waals surface area contributed by atoms with Gasteiger partial charge in [0.25, 0.3) is 11.8 Å². The standard InChI is InChI=1S/C23H22FN5O3S/c1-14-10-15(2)12-16(11-14)33(30,31)29-9-8-20-18(13-29)21(27-28(20)3)23-26-25-22(32-23)17-6-4-5-7-19(17)24/h4-7,10-12H,8-9,13H2,1-3H3. The lowest BCUT2D eigenvalue weighted by atomic mass is 10.1. The molecule has 0 N–H and O–H groups in total. The van der Waals surface area contributed by atoms with Crippen LogP contribution < -0.4 is 0 Å². The molecular weight excluding hydrogens is 445 g/mol. The van der Waals surface area contributed by atoms with Crippen molar-refractivity contribution in [1.82, 2.24) is 24.3 Å². The summed E-state index contributed by atoms with van der Waals surface area (Å²) in [4.78, 5) is 0.272. The van der Waals surface area contributed by atoms with Crippen LogP contribution in [0.1, 0.15) is 22.4 Å². The largest absolute Gasteiger partial charge is 0.414 e. The van der Waals surface area contributed by atoms with Gasteiger partial charge in [-0.15, -0.1) is 10.2 Å². The fourth-order valence-corrected chi connectivity index (χ4v) is 5.84. The average Bonchev–Trinajstić information content (AvgIpc) is 3.38. The lowest BCUT2D eigenvalue weighted by Crippen LogP contribution is -2.36. The minimum atomic E-state index is -3.70. The number of benzene rings is 2. The second-order valence-corrected chi connectivity index (χ2v) is 10.1. The van der Waals surface area contributed by atoms with Crippen LogP contribution in [0.4, 0.5) is 4.39 Å². The molecule has 170 valence electrons. The molecule has 0 saturated heterocycles. The second-order valence-electron chi connectivity index (χ2n) is 8.20. The van der Waals surface area contributed by atoms with Gasteiger partial charge in [0.1, 0.15) is 5.82 Å². The number of halogens is 1. The van der Waals surface area contributed by atoms with Crippen LogP contribution in [0.5, 0.6) is 0 Å². The summed E-state index contributed by atoms with van der Waals surface area (Å²) in [5, 5.41) is 12.6. The zero-order chi connectivity index (χ0) is 23.3. The summed E-state index contributed by atoms with van der Waals surface area (Å²) in [7, 11) is -1.91. The Bertz CT molecular complexity index is 1450. The van der Waals surface area contributed by atoms with Gasteiger partial charge in [0, 0.05) is 37.8 Å². The maximum absolute atomic E-state index is 14.1. The number of aryl methyl sites for hydroxylation is 3. The van der Waals surface area contributed by atoms with E-state index < -0.39 is 15.8 Å². The van der Waals surface area contributed by atoms with Crippen LogP contribution in [0, 0.1) is 19.7 Å². The van der Waals surface area contributed by atoms with Gasteiger partial charge in [-0.3, -0.25) is 4.68 Å². The van der Waals surface area contributed by atoms with Crippen LogP contribution in [-0.2, 0) is 30.0 Å². The Kier molecular flexibility index (Phi) is 5.13. The van der Waals surface area contributed by atoms with Crippen LogP contribution in [0.3, 0.4) is 0 Å². The molecule has 0 bridgehead atoms.